The summed E-state index contributed by atoms with van der Waals surface area (Å²) >= 11 is 0. The summed E-state index contributed by atoms with van der Waals surface area (Å²) in [6, 6.07) is 0. The second-order valence-electron chi connectivity index (χ2n) is 4.10. The number of nitrogens with zero attached hydrogens (tertiary/aromatic N) is 1. The Hall–Kier alpha value is -0.160. The Morgan fingerprint density at radius 1 is 1.13 bits per heavy atom. The number of piperidine rings is 1. The molecule has 1 aliphatic rings. The van der Waals surface area contributed by atoms with Crippen LogP contribution < -0.4 is 0 Å². The van der Waals surface area contributed by atoms with Gasteiger partial charge in [0, 0.05) is 34.5 Å². The Labute approximate surface area is 92.5 Å². The molecule has 15 heavy (non-hydrogen) atoms. The molecule has 0 aromatic rings. The summed E-state index contributed by atoms with van der Waals surface area (Å²) in [5.41, 5.74) is 0. The van der Waals surface area contributed by atoms with Crippen LogP contribution in [0.5, 0.6) is 0 Å². The minimum absolute atomic E-state index is 0.0935. The van der Waals surface area contributed by atoms with Gasteiger partial charge in [-0.05, 0) is 31.8 Å². The van der Waals surface area contributed by atoms with Gasteiger partial charge < -0.3 is 14.2 Å². The van der Waals surface area contributed by atoms with E-state index in [1.165, 1.54) is 12.8 Å². The highest BCUT2D eigenvalue weighted by Gasteiger charge is 2.21. The first-order chi connectivity index (χ1) is 7.30. The predicted molar refractivity (Wildman–Crippen MR) is 58.8 cm³/mol. The van der Waals surface area contributed by atoms with Crippen molar-refractivity contribution in [3.8, 4) is 0 Å². The lowest BCUT2D eigenvalue weighted by Crippen LogP contribution is -2.40. The van der Waals surface area contributed by atoms with E-state index in [1.54, 1.807) is 21.3 Å². The number of hydrogen-bond donors (Lipinski definition) is 0. The number of hydrogen-bond acceptors (Lipinski definition) is 4. The quantitative estimate of drug-likeness (QED) is 0.620. The molecule has 1 fully saturated rings. The highest BCUT2D eigenvalue weighted by atomic mass is 16.7. The van der Waals surface area contributed by atoms with Crippen LogP contribution in [-0.4, -0.2) is 58.8 Å². The van der Waals surface area contributed by atoms with Gasteiger partial charge in [-0.3, -0.25) is 4.90 Å². The normalized spacial score (nSPS) is 20.0. The standard InChI is InChI=1S/C11H23NO3/c1-13-9-10-4-6-12(7-5-10)8-11(14-2)15-3/h10-11H,4-9H2,1-3H3. The molecule has 0 saturated carbocycles. The fourth-order valence-electron chi connectivity index (χ4n) is 2.03. The van der Waals surface area contributed by atoms with Crippen LogP contribution >= 0.6 is 0 Å². The fraction of sp³-hybridized carbons (Fsp3) is 1.00. The fourth-order valence-corrected chi connectivity index (χ4v) is 2.03. The molecule has 0 atom stereocenters. The molecule has 0 spiro atoms. The van der Waals surface area contributed by atoms with E-state index in [4.69, 9.17) is 14.2 Å². The smallest absolute Gasteiger partial charge is 0.169 e. The molecule has 0 aromatic heterocycles. The maximum atomic E-state index is 5.19. The lowest BCUT2D eigenvalue weighted by atomic mass is 9.98. The van der Waals surface area contributed by atoms with Crippen molar-refractivity contribution >= 4 is 0 Å². The number of likely N-dealkylation sites (tertiary alicyclic amines) is 1. The van der Waals surface area contributed by atoms with E-state index in [0.29, 0.717) is 0 Å². The molecule has 0 aromatic carbocycles. The number of ether oxygens (including phenoxy) is 3. The van der Waals surface area contributed by atoms with Crippen LogP contribution in [0.25, 0.3) is 0 Å². The van der Waals surface area contributed by atoms with Crippen molar-refractivity contribution in [1.29, 1.82) is 0 Å². The molecule has 0 amide bonds. The maximum Gasteiger partial charge on any atom is 0.169 e. The minimum atomic E-state index is -0.0935. The van der Waals surface area contributed by atoms with Gasteiger partial charge in [0.25, 0.3) is 0 Å². The van der Waals surface area contributed by atoms with Crippen molar-refractivity contribution in [2.24, 2.45) is 5.92 Å². The van der Waals surface area contributed by atoms with Gasteiger partial charge in [0.1, 0.15) is 0 Å². The SMILES string of the molecule is COCC1CCN(CC(OC)OC)CC1. The molecule has 1 aliphatic heterocycles. The Balaban J connectivity index is 2.19. The van der Waals surface area contributed by atoms with Gasteiger partial charge in [-0.2, -0.15) is 0 Å². The molecule has 90 valence electrons. The highest BCUT2D eigenvalue weighted by molar-refractivity contribution is 4.72. The number of rotatable bonds is 6. The van der Waals surface area contributed by atoms with Crippen molar-refractivity contribution in [2.75, 3.05) is 47.6 Å². The Kier molecular flexibility index (Phi) is 6.17. The topological polar surface area (TPSA) is 30.9 Å². The van der Waals surface area contributed by atoms with Gasteiger partial charge in [0.05, 0.1) is 0 Å². The first-order valence-corrected chi connectivity index (χ1v) is 5.57. The van der Waals surface area contributed by atoms with E-state index < -0.39 is 0 Å². The van der Waals surface area contributed by atoms with Gasteiger partial charge >= 0.3 is 0 Å². The van der Waals surface area contributed by atoms with Crippen LogP contribution in [0, 0.1) is 5.92 Å². The highest BCUT2D eigenvalue weighted by Crippen LogP contribution is 2.17. The van der Waals surface area contributed by atoms with Crippen molar-refractivity contribution in [3.63, 3.8) is 0 Å². The molecule has 1 heterocycles. The second kappa shape index (κ2) is 7.17. The molecule has 0 N–H and O–H groups in total. The Bertz CT molecular complexity index is 154. The summed E-state index contributed by atoms with van der Waals surface area (Å²) < 4.78 is 15.5. The van der Waals surface area contributed by atoms with E-state index in [2.05, 4.69) is 4.90 Å². The first-order valence-electron chi connectivity index (χ1n) is 5.57. The van der Waals surface area contributed by atoms with Gasteiger partial charge in [-0.25, -0.2) is 0 Å². The first kappa shape index (κ1) is 12.9. The Morgan fingerprint density at radius 3 is 2.20 bits per heavy atom. The summed E-state index contributed by atoms with van der Waals surface area (Å²) in [7, 11) is 5.15. The predicted octanol–water partition coefficient (Wildman–Crippen LogP) is 0.964. The monoisotopic (exact) mass is 217 g/mol. The Morgan fingerprint density at radius 2 is 1.73 bits per heavy atom. The zero-order valence-corrected chi connectivity index (χ0v) is 10.1. The van der Waals surface area contributed by atoms with Crippen LogP contribution in [0.3, 0.4) is 0 Å². The lowest BCUT2D eigenvalue weighted by Gasteiger charge is -2.33. The molecule has 0 aliphatic carbocycles. The number of methoxy groups -OCH3 is 3. The summed E-state index contributed by atoms with van der Waals surface area (Å²) in [6.45, 7) is 4.01. The third kappa shape index (κ3) is 4.47. The average Bonchev–Trinajstić information content (AvgIpc) is 2.28. The van der Waals surface area contributed by atoms with Gasteiger partial charge in [0.15, 0.2) is 6.29 Å². The molecule has 0 radical (unpaired) electrons. The molecule has 0 unspecified atom stereocenters. The van der Waals surface area contributed by atoms with Gasteiger partial charge in [-0.15, -0.1) is 0 Å². The van der Waals surface area contributed by atoms with E-state index in [-0.39, 0.29) is 6.29 Å². The average molecular weight is 217 g/mol. The van der Waals surface area contributed by atoms with Crippen LogP contribution in [0.2, 0.25) is 0 Å². The molecule has 0 bridgehead atoms. The third-order valence-electron chi connectivity index (χ3n) is 3.04. The van der Waals surface area contributed by atoms with Crippen molar-refractivity contribution < 1.29 is 14.2 Å². The zero-order chi connectivity index (χ0) is 11.1. The van der Waals surface area contributed by atoms with Crippen LogP contribution in [0.1, 0.15) is 12.8 Å². The van der Waals surface area contributed by atoms with Gasteiger partial charge in [0.2, 0.25) is 0 Å². The third-order valence-corrected chi connectivity index (χ3v) is 3.04. The molecular weight excluding hydrogens is 194 g/mol. The van der Waals surface area contributed by atoms with E-state index >= 15 is 0 Å². The summed E-state index contributed by atoms with van der Waals surface area (Å²) in [4.78, 5) is 2.39. The van der Waals surface area contributed by atoms with Gasteiger partial charge in [-0.1, -0.05) is 0 Å². The maximum absolute atomic E-state index is 5.19. The van der Waals surface area contributed by atoms with Crippen molar-refractivity contribution in [2.45, 2.75) is 19.1 Å². The van der Waals surface area contributed by atoms with Crippen molar-refractivity contribution in [1.82, 2.24) is 4.90 Å². The zero-order valence-electron chi connectivity index (χ0n) is 10.1. The summed E-state index contributed by atoms with van der Waals surface area (Å²) in [5.74, 6) is 0.731. The molecule has 4 heteroatoms. The summed E-state index contributed by atoms with van der Waals surface area (Å²) in [6.07, 6.45) is 2.34. The van der Waals surface area contributed by atoms with Crippen LogP contribution in [-0.2, 0) is 14.2 Å². The minimum Gasteiger partial charge on any atom is -0.384 e. The molecule has 4 nitrogen and oxygen atoms in total. The van der Waals surface area contributed by atoms with Crippen molar-refractivity contribution in [3.05, 3.63) is 0 Å². The molecule has 1 saturated heterocycles. The largest absolute Gasteiger partial charge is 0.384 e. The van der Waals surface area contributed by atoms with E-state index in [1.807, 2.05) is 0 Å². The van der Waals surface area contributed by atoms with E-state index in [9.17, 15) is 0 Å². The lowest BCUT2D eigenvalue weighted by molar-refractivity contribution is -0.119. The van der Waals surface area contributed by atoms with Crippen LogP contribution in [0.4, 0.5) is 0 Å². The summed E-state index contributed by atoms with van der Waals surface area (Å²) in [5, 5.41) is 0. The molecular formula is C11H23NO3. The second-order valence-corrected chi connectivity index (χ2v) is 4.10. The van der Waals surface area contributed by atoms with Crippen LogP contribution in [0.15, 0.2) is 0 Å². The van der Waals surface area contributed by atoms with E-state index in [0.717, 1.165) is 32.2 Å². The molecule has 1 rings (SSSR count).